The molecule has 0 fully saturated rings. The lowest BCUT2D eigenvalue weighted by Crippen LogP contribution is -1.99. The minimum atomic E-state index is 0.187. The van der Waals surface area contributed by atoms with Crippen molar-refractivity contribution in [1.29, 1.82) is 0 Å². The topological polar surface area (TPSA) is 68.1 Å². The highest BCUT2D eigenvalue weighted by atomic mass is 16.5. The summed E-state index contributed by atoms with van der Waals surface area (Å²) in [5, 5.41) is 16.8. The number of rotatable bonds is 2. The van der Waals surface area contributed by atoms with Gasteiger partial charge in [-0.1, -0.05) is 5.10 Å². The number of hydrogen-bond acceptors (Lipinski definition) is 5. The molecule has 0 saturated carbocycles. The van der Waals surface area contributed by atoms with Crippen LogP contribution >= 0.6 is 0 Å². The molecule has 0 bridgehead atoms. The summed E-state index contributed by atoms with van der Waals surface area (Å²) in [6.07, 6.45) is 0. The molecule has 0 amide bonds. The Morgan fingerprint density at radius 1 is 1.00 bits per heavy atom. The van der Waals surface area contributed by atoms with Gasteiger partial charge in [-0.3, -0.25) is 0 Å². The maximum atomic E-state index is 9.10. The second-order valence-corrected chi connectivity index (χ2v) is 3.36. The second kappa shape index (κ2) is 4.14. The van der Waals surface area contributed by atoms with E-state index in [1.54, 1.807) is 12.1 Å². The van der Waals surface area contributed by atoms with E-state index in [9.17, 15) is 0 Å². The molecule has 5 nitrogen and oxygen atoms in total. The van der Waals surface area contributed by atoms with Gasteiger partial charge in [0.2, 0.25) is 0 Å². The van der Waals surface area contributed by atoms with Crippen molar-refractivity contribution < 1.29 is 9.84 Å². The number of benzene rings is 1. The Morgan fingerprint density at radius 2 is 1.69 bits per heavy atom. The van der Waals surface area contributed by atoms with Crippen molar-refractivity contribution >= 4 is 0 Å². The molecule has 0 atom stereocenters. The Morgan fingerprint density at radius 3 is 2.31 bits per heavy atom. The van der Waals surface area contributed by atoms with Gasteiger partial charge in [-0.25, -0.2) is 0 Å². The van der Waals surface area contributed by atoms with Gasteiger partial charge in [-0.2, -0.15) is 4.98 Å². The number of phenolic OH excluding ortho intramolecular Hbond substituents is 1. The Kier molecular flexibility index (Phi) is 2.68. The van der Waals surface area contributed by atoms with Crippen LogP contribution in [0.5, 0.6) is 17.5 Å². The van der Waals surface area contributed by atoms with E-state index in [0.717, 1.165) is 11.4 Å². The molecule has 0 spiro atoms. The molecule has 1 N–H and O–H groups in total. The number of aromatic nitrogens is 3. The monoisotopic (exact) mass is 217 g/mol. The molecule has 82 valence electrons. The lowest BCUT2D eigenvalue weighted by Gasteiger charge is -2.04. The van der Waals surface area contributed by atoms with Crippen LogP contribution < -0.4 is 4.74 Å². The van der Waals surface area contributed by atoms with Crippen LogP contribution in [0.1, 0.15) is 11.4 Å². The molecule has 16 heavy (non-hydrogen) atoms. The smallest absolute Gasteiger partial charge is 0.341 e. The van der Waals surface area contributed by atoms with E-state index in [1.807, 2.05) is 13.8 Å². The average Bonchev–Trinajstić information content (AvgIpc) is 2.27. The van der Waals surface area contributed by atoms with Gasteiger partial charge < -0.3 is 9.84 Å². The first-order valence-electron chi connectivity index (χ1n) is 4.80. The molecule has 2 aromatic rings. The predicted octanol–water partition coefficient (Wildman–Crippen LogP) is 1.99. The predicted molar refractivity (Wildman–Crippen MR) is 57.5 cm³/mol. The minimum Gasteiger partial charge on any atom is -0.508 e. The second-order valence-electron chi connectivity index (χ2n) is 3.36. The fraction of sp³-hybridized carbons (Fsp3) is 0.182. The normalized spacial score (nSPS) is 10.1. The number of hydrogen-bond donors (Lipinski definition) is 1. The fourth-order valence-corrected chi connectivity index (χ4v) is 1.10. The van der Waals surface area contributed by atoms with Crippen LogP contribution in [0.25, 0.3) is 0 Å². The first-order chi connectivity index (χ1) is 7.65. The van der Waals surface area contributed by atoms with Gasteiger partial charge in [-0.05, 0) is 38.1 Å². The largest absolute Gasteiger partial charge is 0.508 e. The molecular formula is C11H11N3O2. The number of aromatic hydroxyl groups is 1. The van der Waals surface area contributed by atoms with Crippen molar-refractivity contribution in [3.8, 4) is 17.5 Å². The third-order valence-electron chi connectivity index (χ3n) is 2.12. The molecule has 1 aromatic carbocycles. The molecule has 5 heteroatoms. The van der Waals surface area contributed by atoms with E-state index in [0.29, 0.717) is 5.75 Å². The molecule has 0 aliphatic carbocycles. The fourth-order valence-electron chi connectivity index (χ4n) is 1.10. The van der Waals surface area contributed by atoms with Crippen LogP contribution in [-0.4, -0.2) is 20.3 Å². The van der Waals surface area contributed by atoms with Crippen LogP contribution in [0.15, 0.2) is 24.3 Å². The van der Waals surface area contributed by atoms with Crippen molar-refractivity contribution in [2.75, 3.05) is 0 Å². The van der Waals surface area contributed by atoms with Gasteiger partial charge in [0, 0.05) is 0 Å². The van der Waals surface area contributed by atoms with Crippen LogP contribution in [0, 0.1) is 13.8 Å². The average molecular weight is 217 g/mol. The van der Waals surface area contributed by atoms with E-state index in [-0.39, 0.29) is 11.8 Å². The molecule has 0 saturated heterocycles. The van der Waals surface area contributed by atoms with E-state index < -0.39 is 0 Å². The van der Waals surface area contributed by atoms with Crippen LogP contribution in [-0.2, 0) is 0 Å². The van der Waals surface area contributed by atoms with Gasteiger partial charge in [0.15, 0.2) is 0 Å². The summed E-state index contributed by atoms with van der Waals surface area (Å²) < 4.78 is 5.37. The Bertz CT molecular complexity index is 497. The van der Waals surface area contributed by atoms with E-state index in [4.69, 9.17) is 9.84 Å². The van der Waals surface area contributed by atoms with E-state index >= 15 is 0 Å². The number of aryl methyl sites for hydroxylation is 2. The summed E-state index contributed by atoms with van der Waals surface area (Å²) in [5.41, 5.74) is 1.56. The molecule has 0 aliphatic rings. The summed E-state index contributed by atoms with van der Waals surface area (Å²) in [7, 11) is 0. The van der Waals surface area contributed by atoms with Gasteiger partial charge in [-0.15, -0.1) is 5.10 Å². The van der Waals surface area contributed by atoms with E-state index in [1.165, 1.54) is 12.1 Å². The summed E-state index contributed by atoms with van der Waals surface area (Å²) >= 11 is 0. The molecule has 0 aliphatic heterocycles. The highest BCUT2D eigenvalue weighted by Gasteiger charge is 2.03. The zero-order valence-corrected chi connectivity index (χ0v) is 9.01. The standard InChI is InChI=1S/C11H11N3O2/c1-7-8(2)13-14-11(12-7)16-10-5-3-9(15)4-6-10/h3-6,15H,1-2H3. The third-order valence-corrected chi connectivity index (χ3v) is 2.12. The summed E-state index contributed by atoms with van der Waals surface area (Å²) in [6, 6.07) is 6.53. The van der Waals surface area contributed by atoms with Gasteiger partial charge in [0.1, 0.15) is 11.5 Å². The summed E-state index contributed by atoms with van der Waals surface area (Å²) in [5.74, 6) is 0.745. The number of ether oxygens (including phenoxy) is 1. The first kappa shape index (κ1) is 10.4. The van der Waals surface area contributed by atoms with E-state index in [2.05, 4.69) is 15.2 Å². The van der Waals surface area contributed by atoms with Crippen LogP contribution in [0.4, 0.5) is 0 Å². The molecular weight excluding hydrogens is 206 g/mol. The van der Waals surface area contributed by atoms with Crippen molar-refractivity contribution in [3.05, 3.63) is 35.7 Å². The molecule has 0 radical (unpaired) electrons. The Balaban J connectivity index is 2.20. The SMILES string of the molecule is Cc1nnc(Oc2ccc(O)cc2)nc1C. The van der Waals surface area contributed by atoms with Gasteiger partial charge in [0.25, 0.3) is 0 Å². The van der Waals surface area contributed by atoms with Gasteiger partial charge in [0.05, 0.1) is 11.4 Å². The lowest BCUT2D eigenvalue weighted by atomic mass is 10.3. The molecule has 2 rings (SSSR count). The highest BCUT2D eigenvalue weighted by Crippen LogP contribution is 2.20. The zero-order chi connectivity index (χ0) is 11.5. The molecule has 1 heterocycles. The number of nitrogens with zero attached hydrogens (tertiary/aromatic N) is 3. The first-order valence-corrected chi connectivity index (χ1v) is 4.80. The Labute approximate surface area is 92.8 Å². The van der Waals surface area contributed by atoms with Crippen molar-refractivity contribution in [1.82, 2.24) is 15.2 Å². The zero-order valence-electron chi connectivity index (χ0n) is 9.01. The minimum absolute atomic E-state index is 0.187. The molecule has 1 aromatic heterocycles. The summed E-state index contributed by atoms with van der Waals surface area (Å²) in [4.78, 5) is 4.13. The Hall–Kier alpha value is -2.17. The number of phenols is 1. The van der Waals surface area contributed by atoms with Crippen molar-refractivity contribution in [2.24, 2.45) is 0 Å². The van der Waals surface area contributed by atoms with Gasteiger partial charge >= 0.3 is 6.01 Å². The van der Waals surface area contributed by atoms with Crippen LogP contribution in [0.2, 0.25) is 0 Å². The maximum Gasteiger partial charge on any atom is 0.341 e. The summed E-state index contributed by atoms with van der Waals surface area (Å²) in [6.45, 7) is 3.67. The lowest BCUT2D eigenvalue weighted by molar-refractivity contribution is 0.427. The quantitative estimate of drug-likeness (QED) is 0.833. The van der Waals surface area contributed by atoms with Crippen molar-refractivity contribution in [3.63, 3.8) is 0 Å². The molecule has 0 unspecified atom stereocenters. The maximum absolute atomic E-state index is 9.10. The van der Waals surface area contributed by atoms with Crippen LogP contribution in [0.3, 0.4) is 0 Å². The van der Waals surface area contributed by atoms with Crippen molar-refractivity contribution in [2.45, 2.75) is 13.8 Å². The third kappa shape index (κ3) is 2.25. The highest BCUT2D eigenvalue weighted by molar-refractivity contribution is 5.31.